The predicted octanol–water partition coefficient (Wildman–Crippen LogP) is 1.27. The van der Waals surface area contributed by atoms with Crippen molar-refractivity contribution in [2.45, 2.75) is 25.7 Å². The summed E-state index contributed by atoms with van der Waals surface area (Å²) in [5, 5.41) is 18.9. The van der Waals surface area contributed by atoms with Crippen LogP contribution in [0, 0.1) is 5.41 Å². The van der Waals surface area contributed by atoms with Crippen LogP contribution in [0.15, 0.2) is 24.4 Å². The lowest BCUT2D eigenvalue weighted by Gasteiger charge is -2.30. The Kier molecular flexibility index (Phi) is 4.12. The van der Waals surface area contributed by atoms with E-state index in [4.69, 9.17) is 0 Å². The van der Waals surface area contributed by atoms with Crippen molar-refractivity contribution in [3.8, 4) is 0 Å². The first-order chi connectivity index (χ1) is 11.0. The largest absolute Gasteiger partial charge is 0.396 e. The Morgan fingerprint density at radius 3 is 2.70 bits per heavy atom. The molecule has 1 aliphatic carbocycles. The number of rotatable bonds is 6. The topological polar surface area (TPSA) is 78.1 Å². The number of aliphatic hydroxyl groups is 2. The molecule has 2 heterocycles. The van der Waals surface area contributed by atoms with Crippen molar-refractivity contribution in [2.75, 3.05) is 26.8 Å². The summed E-state index contributed by atoms with van der Waals surface area (Å²) in [7, 11) is 1.68. The molecule has 124 valence electrons. The van der Waals surface area contributed by atoms with Gasteiger partial charge in [-0.1, -0.05) is 13.0 Å². The minimum atomic E-state index is -0.723. The molecule has 1 saturated carbocycles. The average Bonchev–Trinajstić information content (AvgIpc) is 3.34. The number of carbonyl (C=O) groups is 1. The van der Waals surface area contributed by atoms with Crippen LogP contribution in [0.3, 0.4) is 0 Å². The van der Waals surface area contributed by atoms with Crippen LogP contribution in [0.25, 0.3) is 5.52 Å². The van der Waals surface area contributed by atoms with Gasteiger partial charge >= 0.3 is 0 Å². The van der Waals surface area contributed by atoms with E-state index in [2.05, 4.69) is 4.98 Å². The van der Waals surface area contributed by atoms with Crippen LogP contribution < -0.4 is 0 Å². The Labute approximate surface area is 135 Å². The zero-order valence-electron chi connectivity index (χ0n) is 13.6. The van der Waals surface area contributed by atoms with E-state index >= 15 is 0 Å². The van der Waals surface area contributed by atoms with Gasteiger partial charge in [0.05, 0.1) is 18.7 Å². The molecule has 6 nitrogen and oxygen atoms in total. The van der Waals surface area contributed by atoms with Crippen LogP contribution in [-0.2, 0) is 0 Å². The Morgan fingerprint density at radius 1 is 1.39 bits per heavy atom. The molecule has 0 aromatic carbocycles. The van der Waals surface area contributed by atoms with Gasteiger partial charge in [-0.15, -0.1) is 0 Å². The van der Waals surface area contributed by atoms with Crippen LogP contribution in [0.5, 0.6) is 0 Å². The van der Waals surface area contributed by atoms with Crippen LogP contribution in [0.2, 0.25) is 0 Å². The van der Waals surface area contributed by atoms with Crippen molar-refractivity contribution in [1.82, 2.24) is 14.3 Å². The predicted molar refractivity (Wildman–Crippen MR) is 86.4 cm³/mol. The number of aliphatic hydroxyl groups excluding tert-OH is 2. The summed E-state index contributed by atoms with van der Waals surface area (Å²) < 4.78 is 2.00. The van der Waals surface area contributed by atoms with E-state index in [1.165, 1.54) is 4.90 Å². The lowest BCUT2D eigenvalue weighted by atomic mass is 9.92. The minimum Gasteiger partial charge on any atom is -0.396 e. The molecule has 0 radical (unpaired) electrons. The molecule has 1 fully saturated rings. The molecule has 3 rings (SSSR count). The van der Waals surface area contributed by atoms with Gasteiger partial charge in [-0.2, -0.15) is 0 Å². The Balaban J connectivity index is 1.92. The van der Waals surface area contributed by atoms with Gasteiger partial charge in [0.1, 0.15) is 5.82 Å². The van der Waals surface area contributed by atoms with Crippen molar-refractivity contribution in [2.24, 2.45) is 5.41 Å². The van der Waals surface area contributed by atoms with E-state index in [0.29, 0.717) is 11.6 Å². The van der Waals surface area contributed by atoms with Gasteiger partial charge in [0.25, 0.3) is 5.91 Å². The van der Waals surface area contributed by atoms with Gasteiger partial charge < -0.3 is 19.5 Å². The molecule has 2 N–H and O–H groups in total. The van der Waals surface area contributed by atoms with Gasteiger partial charge in [-0.05, 0) is 25.0 Å². The number of nitrogens with zero attached hydrogens (tertiary/aromatic N) is 3. The monoisotopic (exact) mass is 317 g/mol. The quantitative estimate of drug-likeness (QED) is 0.841. The second kappa shape index (κ2) is 5.94. The molecule has 2 aromatic rings. The first kappa shape index (κ1) is 16.0. The summed E-state index contributed by atoms with van der Waals surface area (Å²) >= 11 is 0. The Hall–Kier alpha value is -1.92. The van der Waals surface area contributed by atoms with Gasteiger partial charge in [-0.3, -0.25) is 4.79 Å². The van der Waals surface area contributed by atoms with E-state index in [-0.39, 0.29) is 25.7 Å². The van der Waals surface area contributed by atoms with Gasteiger partial charge in [0, 0.05) is 31.1 Å². The lowest BCUT2D eigenvalue weighted by Crippen LogP contribution is -2.41. The molecule has 2 aromatic heterocycles. The fourth-order valence-corrected chi connectivity index (χ4v) is 2.82. The zero-order valence-corrected chi connectivity index (χ0v) is 13.6. The molecule has 23 heavy (non-hydrogen) atoms. The Morgan fingerprint density at radius 2 is 2.09 bits per heavy atom. The van der Waals surface area contributed by atoms with Gasteiger partial charge in [0.2, 0.25) is 0 Å². The summed E-state index contributed by atoms with van der Waals surface area (Å²) in [5.41, 5.74) is 0.522. The van der Waals surface area contributed by atoms with Crippen molar-refractivity contribution < 1.29 is 15.0 Å². The van der Waals surface area contributed by atoms with E-state index in [9.17, 15) is 15.0 Å². The molecular weight excluding hydrogens is 294 g/mol. The number of amides is 1. The molecule has 6 heteroatoms. The molecule has 1 amide bonds. The van der Waals surface area contributed by atoms with Crippen LogP contribution >= 0.6 is 0 Å². The number of carbonyl (C=O) groups excluding carboxylic acids is 1. The minimum absolute atomic E-state index is 0.182. The highest BCUT2D eigenvalue weighted by Gasteiger charge is 2.32. The van der Waals surface area contributed by atoms with E-state index in [1.807, 2.05) is 28.8 Å². The fraction of sp³-hybridized carbons (Fsp3) is 0.529. The second-order valence-corrected chi connectivity index (χ2v) is 6.84. The summed E-state index contributed by atoms with van der Waals surface area (Å²) in [5.74, 6) is 1.20. The van der Waals surface area contributed by atoms with Crippen LogP contribution in [0.1, 0.15) is 42.0 Å². The van der Waals surface area contributed by atoms with Crippen molar-refractivity contribution >= 4 is 11.4 Å². The standard InChI is InChI=1S/C17H23N3O3/c1-17(10-21,11-22)9-19(2)16(23)14-13-5-3-4-8-20(13)15(18-14)12-6-7-12/h3-5,8,12,21-22H,6-7,9-11H2,1-2H3. The third kappa shape index (κ3) is 2.96. The average molecular weight is 317 g/mol. The number of hydrogen-bond donors (Lipinski definition) is 2. The summed E-state index contributed by atoms with van der Waals surface area (Å²) in [4.78, 5) is 18.9. The van der Waals surface area contributed by atoms with Gasteiger partial charge in [0.15, 0.2) is 5.69 Å². The number of imidazole rings is 1. The molecule has 0 unspecified atom stereocenters. The first-order valence-electron chi connectivity index (χ1n) is 7.93. The third-order valence-electron chi connectivity index (χ3n) is 4.45. The number of fused-ring (bicyclic) bond motifs is 1. The maximum Gasteiger partial charge on any atom is 0.274 e. The molecule has 0 aliphatic heterocycles. The SMILES string of the molecule is CN(CC(C)(CO)CO)C(=O)c1nc(C2CC2)n2ccccc12. The molecule has 1 aliphatic rings. The van der Waals surface area contributed by atoms with E-state index in [1.54, 1.807) is 14.0 Å². The molecular formula is C17H23N3O3. The van der Waals surface area contributed by atoms with Crippen LogP contribution in [0.4, 0.5) is 0 Å². The van der Waals surface area contributed by atoms with Gasteiger partial charge in [-0.25, -0.2) is 4.98 Å². The normalized spacial score (nSPS) is 15.1. The van der Waals surface area contributed by atoms with E-state index in [0.717, 1.165) is 24.2 Å². The van der Waals surface area contributed by atoms with Crippen molar-refractivity contribution in [1.29, 1.82) is 0 Å². The lowest BCUT2D eigenvalue weighted by molar-refractivity contribution is 0.0364. The Bertz CT molecular complexity index is 717. The summed E-state index contributed by atoms with van der Waals surface area (Å²) in [6, 6.07) is 5.74. The number of hydrogen-bond acceptors (Lipinski definition) is 4. The maximum absolute atomic E-state index is 12.8. The fourth-order valence-electron chi connectivity index (χ4n) is 2.82. The van der Waals surface area contributed by atoms with Crippen molar-refractivity contribution in [3.05, 3.63) is 35.9 Å². The zero-order chi connectivity index (χ0) is 16.6. The molecule has 0 spiro atoms. The molecule has 0 atom stereocenters. The smallest absolute Gasteiger partial charge is 0.274 e. The van der Waals surface area contributed by atoms with Crippen LogP contribution in [-0.4, -0.2) is 57.2 Å². The summed E-state index contributed by atoms with van der Waals surface area (Å²) in [6.45, 7) is 1.65. The first-order valence-corrected chi connectivity index (χ1v) is 7.93. The highest BCUT2D eigenvalue weighted by atomic mass is 16.3. The maximum atomic E-state index is 12.8. The highest BCUT2D eigenvalue weighted by Crippen LogP contribution is 2.40. The highest BCUT2D eigenvalue weighted by molar-refractivity contribution is 5.99. The van der Waals surface area contributed by atoms with Crippen molar-refractivity contribution in [3.63, 3.8) is 0 Å². The third-order valence-corrected chi connectivity index (χ3v) is 4.45. The second-order valence-electron chi connectivity index (χ2n) is 6.84. The number of aromatic nitrogens is 2. The number of pyridine rings is 1. The van der Waals surface area contributed by atoms with E-state index < -0.39 is 5.41 Å². The molecule has 0 bridgehead atoms. The molecule has 0 saturated heterocycles. The summed E-state index contributed by atoms with van der Waals surface area (Å²) in [6.07, 6.45) is 4.17.